The average molecular weight is 415 g/mol. The predicted octanol–water partition coefficient (Wildman–Crippen LogP) is 5.08. The van der Waals surface area contributed by atoms with Crippen molar-refractivity contribution in [2.45, 2.75) is 39.8 Å². The normalized spacial score (nSPS) is 12.0. The van der Waals surface area contributed by atoms with Gasteiger partial charge in [-0.2, -0.15) is 5.10 Å². The molecular formula is C25H26N4O2. The fraction of sp³-hybridized carbons (Fsp3) is 0.240. The van der Waals surface area contributed by atoms with E-state index in [1.807, 2.05) is 92.3 Å². The Morgan fingerprint density at radius 3 is 2.35 bits per heavy atom. The molecule has 1 unspecified atom stereocenters. The Bertz CT molecular complexity index is 1140. The van der Waals surface area contributed by atoms with Gasteiger partial charge in [0.1, 0.15) is 11.5 Å². The van der Waals surface area contributed by atoms with Crippen molar-refractivity contribution in [2.24, 2.45) is 0 Å². The van der Waals surface area contributed by atoms with Crippen molar-refractivity contribution >= 4 is 5.91 Å². The lowest BCUT2D eigenvalue weighted by Crippen LogP contribution is -2.29. The highest BCUT2D eigenvalue weighted by Gasteiger charge is 2.24. The molecule has 0 aliphatic carbocycles. The first kappa shape index (κ1) is 20.6. The minimum atomic E-state index is -0.181. The summed E-state index contributed by atoms with van der Waals surface area (Å²) in [6.45, 7) is 6.40. The standard InChI is InChI=1S/C25H26N4O2/c1-4-22(23-17(2)28-31-18(23)3)26-25(30)21-16-29(15-19-11-7-5-8-12-19)27-24(21)20-13-9-6-10-14-20/h5-14,16,22H,4,15H2,1-3H3,(H,26,30). The van der Waals surface area contributed by atoms with Gasteiger partial charge in [-0.15, -0.1) is 0 Å². The van der Waals surface area contributed by atoms with E-state index in [0.29, 0.717) is 17.8 Å². The molecule has 31 heavy (non-hydrogen) atoms. The molecule has 0 saturated carbocycles. The van der Waals surface area contributed by atoms with Crippen molar-refractivity contribution in [2.75, 3.05) is 0 Å². The average Bonchev–Trinajstić information content (AvgIpc) is 3.36. The molecule has 0 saturated heterocycles. The lowest BCUT2D eigenvalue weighted by atomic mass is 10.0. The lowest BCUT2D eigenvalue weighted by Gasteiger charge is -2.17. The Morgan fingerprint density at radius 1 is 1.06 bits per heavy atom. The number of amides is 1. The molecule has 2 aromatic heterocycles. The first-order valence-electron chi connectivity index (χ1n) is 10.5. The summed E-state index contributed by atoms with van der Waals surface area (Å²) in [5.41, 5.74) is 4.99. The summed E-state index contributed by atoms with van der Waals surface area (Å²) in [6.07, 6.45) is 2.55. The number of aryl methyl sites for hydroxylation is 2. The number of rotatable bonds is 7. The molecule has 1 N–H and O–H groups in total. The highest BCUT2D eigenvalue weighted by Crippen LogP contribution is 2.27. The van der Waals surface area contributed by atoms with Gasteiger partial charge in [0.05, 0.1) is 23.8 Å². The molecule has 4 aromatic rings. The number of carbonyl (C=O) groups excluding carboxylic acids is 1. The summed E-state index contributed by atoms with van der Waals surface area (Å²) in [6, 6.07) is 19.7. The maximum atomic E-state index is 13.4. The highest BCUT2D eigenvalue weighted by molar-refractivity contribution is 6.00. The third-order valence-electron chi connectivity index (χ3n) is 5.39. The largest absolute Gasteiger partial charge is 0.361 e. The molecule has 0 bridgehead atoms. The Hall–Kier alpha value is -3.67. The molecule has 1 amide bonds. The number of aromatic nitrogens is 3. The van der Waals surface area contributed by atoms with Crippen LogP contribution in [0.25, 0.3) is 11.3 Å². The maximum absolute atomic E-state index is 13.4. The number of nitrogens with zero attached hydrogens (tertiary/aromatic N) is 3. The zero-order valence-electron chi connectivity index (χ0n) is 18.0. The van der Waals surface area contributed by atoms with Crippen LogP contribution >= 0.6 is 0 Å². The molecule has 2 aromatic carbocycles. The Labute approximate surface area is 181 Å². The van der Waals surface area contributed by atoms with E-state index in [4.69, 9.17) is 9.62 Å². The van der Waals surface area contributed by atoms with Gasteiger partial charge in [-0.05, 0) is 25.8 Å². The fourth-order valence-electron chi connectivity index (χ4n) is 3.85. The Kier molecular flexibility index (Phi) is 5.98. The molecule has 6 nitrogen and oxygen atoms in total. The van der Waals surface area contributed by atoms with Crippen LogP contribution in [0.5, 0.6) is 0 Å². The third kappa shape index (κ3) is 4.43. The van der Waals surface area contributed by atoms with Crippen LogP contribution in [0.2, 0.25) is 0 Å². The van der Waals surface area contributed by atoms with Crippen LogP contribution in [0, 0.1) is 13.8 Å². The lowest BCUT2D eigenvalue weighted by molar-refractivity contribution is 0.0936. The number of carbonyl (C=O) groups is 1. The molecular weight excluding hydrogens is 388 g/mol. The zero-order chi connectivity index (χ0) is 21.8. The Morgan fingerprint density at radius 2 is 1.74 bits per heavy atom. The smallest absolute Gasteiger partial charge is 0.255 e. The van der Waals surface area contributed by atoms with Gasteiger partial charge >= 0.3 is 0 Å². The first-order chi connectivity index (χ1) is 15.1. The highest BCUT2D eigenvalue weighted by atomic mass is 16.5. The van der Waals surface area contributed by atoms with E-state index in [0.717, 1.165) is 34.6 Å². The van der Waals surface area contributed by atoms with Gasteiger partial charge in [0.25, 0.3) is 5.91 Å². The molecule has 0 fully saturated rings. The van der Waals surface area contributed by atoms with Crippen LogP contribution in [-0.2, 0) is 6.54 Å². The summed E-state index contributed by atoms with van der Waals surface area (Å²) in [5, 5.41) is 12.0. The van der Waals surface area contributed by atoms with E-state index in [-0.39, 0.29) is 11.9 Å². The van der Waals surface area contributed by atoms with Gasteiger partial charge in [-0.25, -0.2) is 0 Å². The maximum Gasteiger partial charge on any atom is 0.255 e. The van der Waals surface area contributed by atoms with Gasteiger partial charge in [-0.3, -0.25) is 9.48 Å². The Balaban J connectivity index is 1.67. The summed E-state index contributed by atoms with van der Waals surface area (Å²) in [4.78, 5) is 13.4. The second-order valence-corrected chi connectivity index (χ2v) is 7.61. The van der Waals surface area contributed by atoms with Gasteiger partial charge in [-0.1, -0.05) is 72.7 Å². The van der Waals surface area contributed by atoms with Crippen LogP contribution in [-0.4, -0.2) is 20.8 Å². The second kappa shape index (κ2) is 9.00. The van der Waals surface area contributed by atoms with Gasteiger partial charge in [0.2, 0.25) is 0 Å². The molecule has 0 aliphatic rings. The van der Waals surface area contributed by atoms with Crippen LogP contribution in [0.1, 0.15) is 52.3 Å². The van der Waals surface area contributed by atoms with Crippen LogP contribution in [0.15, 0.2) is 71.4 Å². The molecule has 0 radical (unpaired) electrons. The van der Waals surface area contributed by atoms with Gasteiger partial charge in [0.15, 0.2) is 0 Å². The second-order valence-electron chi connectivity index (χ2n) is 7.61. The fourth-order valence-corrected chi connectivity index (χ4v) is 3.85. The van der Waals surface area contributed by atoms with Crippen LogP contribution in [0.3, 0.4) is 0 Å². The zero-order valence-corrected chi connectivity index (χ0v) is 18.0. The van der Waals surface area contributed by atoms with Crippen molar-refractivity contribution in [1.29, 1.82) is 0 Å². The number of benzene rings is 2. The first-order valence-corrected chi connectivity index (χ1v) is 10.5. The third-order valence-corrected chi connectivity index (χ3v) is 5.39. The SMILES string of the molecule is CCC(NC(=O)c1cn(Cc2ccccc2)nc1-c1ccccc1)c1c(C)noc1C. The summed E-state index contributed by atoms with van der Waals surface area (Å²) in [7, 11) is 0. The van der Waals surface area contributed by atoms with Crippen molar-refractivity contribution in [3.63, 3.8) is 0 Å². The number of hydrogen-bond acceptors (Lipinski definition) is 4. The van der Waals surface area contributed by atoms with Crippen molar-refractivity contribution in [1.82, 2.24) is 20.3 Å². The van der Waals surface area contributed by atoms with E-state index in [9.17, 15) is 4.79 Å². The molecule has 158 valence electrons. The quantitative estimate of drug-likeness (QED) is 0.457. The van der Waals surface area contributed by atoms with Crippen LogP contribution < -0.4 is 5.32 Å². The minimum absolute atomic E-state index is 0.162. The molecule has 1 atom stereocenters. The topological polar surface area (TPSA) is 73.0 Å². The number of nitrogens with one attached hydrogen (secondary N) is 1. The minimum Gasteiger partial charge on any atom is -0.361 e. The predicted molar refractivity (Wildman–Crippen MR) is 120 cm³/mol. The van der Waals surface area contributed by atoms with E-state index < -0.39 is 0 Å². The van der Waals surface area contributed by atoms with Crippen molar-refractivity contribution in [3.8, 4) is 11.3 Å². The molecule has 6 heteroatoms. The summed E-state index contributed by atoms with van der Waals surface area (Å²) >= 11 is 0. The molecule has 2 heterocycles. The van der Waals surface area contributed by atoms with E-state index >= 15 is 0 Å². The van der Waals surface area contributed by atoms with Crippen molar-refractivity contribution in [3.05, 3.63) is 95.0 Å². The molecule has 4 rings (SSSR count). The van der Waals surface area contributed by atoms with Gasteiger partial charge < -0.3 is 9.84 Å². The number of hydrogen-bond donors (Lipinski definition) is 1. The van der Waals surface area contributed by atoms with E-state index in [1.165, 1.54) is 0 Å². The van der Waals surface area contributed by atoms with Gasteiger partial charge in [0, 0.05) is 17.3 Å². The molecule has 0 spiro atoms. The summed E-state index contributed by atoms with van der Waals surface area (Å²) < 4.78 is 7.13. The molecule has 0 aliphatic heterocycles. The monoisotopic (exact) mass is 414 g/mol. The van der Waals surface area contributed by atoms with Crippen molar-refractivity contribution < 1.29 is 9.32 Å². The summed E-state index contributed by atoms with van der Waals surface area (Å²) in [5.74, 6) is 0.567. The van der Waals surface area contributed by atoms with Crippen LogP contribution in [0.4, 0.5) is 0 Å². The van der Waals surface area contributed by atoms with E-state index in [2.05, 4.69) is 10.5 Å². The van der Waals surface area contributed by atoms with E-state index in [1.54, 1.807) is 0 Å².